The minimum Gasteiger partial charge on any atom is -0.394 e. The molecule has 1 aliphatic carbocycles. The number of benzene rings is 1. The zero-order chi connectivity index (χ0) is 15.0. The van der Waals surface area contributed by atoms with E-state index in [1.807, 2.05) is 0 Å². The first-order valence-corrected chi connectivity index (χ1v) is 6.87. The second kappa shape index (κ2) is 5.37. The van der Waals surface area contributed by atoms with Crippen molar-refractivity contribution < 1.29 is 23.1 Å². The van der Waals surface area contributed by atoms with Crippen LogP contribution in [0.5, 0.6) is 0 Å². The Hall–Kier alpha value is -1.08. The molecular formula is C13H13BrF3NO2. The Labute approximate surface area is 122 Å². The number of halogens is 4. The van der Waals surface area contributed by atoms with Crippen LogP contribution in [0.1, 0.15) is 35.2 Å². The van der Waals surface area contributed by atoms with Gasteiger partial charge < -0.3 is 10.4 Å². The van der Waals surface area contributed by atoms with Crippen molar-refractivity contribution in [1.29, 1.82) is 0 Å². The lowest BCUT2D eigenvalue weighted by atomic mass is 9.77. The molecule has 1 amide bonds. The standard InChI is InChI=1S/C13H13BrF3NO2/c14-10-3-2-8(6-9(10)13(15,16)17)11(20)18-12(7-19)4-1-5-12/h2-3,6,19H,1,4-5,7H2,(H,18,20). The summed E-state index contributed by atoms with van der Waals surface area (Å²) in [4.78, 5) is 12.0. The Balaban J connectivity index is 2.23. The van der Waals surface area contributed by atoms with Gasteiger partial charge in [-0.2, -0.15) is 13.2 Å². The van der Waals surface area contributed by atoms with Gasteiger partial charge in [0.1, 0.15) is 0 Å². The highest BCUT2D eigenvalue weighted by atomic mass is 79.9. The van der Waals surface area contributed by atoms with Crippen molar-refractivity contribution in [3.63, 3.8) is 0 Å². The Morgan fingerprint density at radius 1 is 1.40 bits per heavy atom. The van der Waals surface area contributed by atoms with Gasteiger partial charge in [-0.05, 0) is 37.5 Å². The molecule has 0 saturated heterocycles. The van der Waals surface area contributed by atoms with E-state index in [-0.39, 0.29) is 16.6 Å². The van der Waals surface area contributed by atoms with Crippen molar-refractivity contribution in [3.8, 4) is 0 Å². The molecule has 0 atom stereocenters. The predicted molar refractivity (Wildman–Crippen MR) is 70.3 cm³/mol. The minimum atomic E-state index is -4.53. The molecule has 7 heteroatoms. The molecular weight excluding hydrogens is 339 g/mol. The lowest BCUT2D eigenvalue weighted by molar-refractivity contribution is -0.138. The SMILES string of the molecule is O=C(NC1(CO)CCC1)c1ccc(Br)c(C(F)(F)F)c1. The number of hydrogen-bond donors (Lipinski definition) is 2. The zero-order valence-electron chi connectivity index (χ0n) is 10.4. The molecule has 1 aromatic carbocycles. The normalized spacial score (nSPS) is 17.4. The van der Waals surface area contributed by atoms with Crippen LogP contribution in [-0.4, -0.2) is 23.2 Å². The van der Waals surface area contributed by atoms with Crippen LogP contribution < -0.4 is 5.32 Å². The summed E-state index contributed by atoms with van der Waals surface area (Å²) < 4.78 is 38.2. The number of alkyl halides is 3. The van der Waals surface area contributed by atoms with Crippen LogP contribution in [0.25, 0.3) is 0 Å². The van der Waals surface area contributed by atoms with Crippen LogP contribution in [0.3, 0.4) is 0 Å². The summed E-state index contributed by atoms with van der Waals surface area (Å²) in [5.74, 6) is -0.600. The fraction of sp³-hybridized carbons (Fsp3) is 0.462. The third kappa shape index (κ3) is 2.98. The molecule has 2 rings (SSSR count). The maximum atomic E-state index is 12.8. The summed E-state index contributed by atoms with van der Waals surface area (Å²) in [6, 6.07) is 3.33. The number of aliphatic hydroxyl groups is 1. The average molecular weight is 352 g/mol. The average Bonchev–Trinajstić information content (AvgIpc) is 2.32. The fourth-order valence-corrected chi connectivity index (χ4v) is 2.59. The highest BCUT2D eigenvalue weighted by Crippen LogP contribution is 2.36. The van der Waals surface area contributed by atoms with E-state index >= 15 is 0 Å². The van der Waals surface area contributed by atoms with Crippen LogP contribution >= 0.6 is 15.9 Å². The minimum absolute atomic E-state index is 0.0692. The predicted octanol–water partition coefficient (Wildman–Crippen LogP) is 3.11. The molecule has 1 saturated carbocycles. The number of amides is 1. The Bertz CT molecular complexity index is 521. The van der Waals surface area contributed by atoms with E-state index < -0.39 is 23.2 Å². The van der Waals surface area contributed by atoms with Crippen LogP contribution in [0, 0.1) is 0 Å². The first-order chi connectivity index (χ1) is 9.27. The van der Waals surface area contributed by atoms with Gasteiger partial charge in [0.15, 0.2) is 0 Å². The second-order valence-corrected chi connectivity index (χ2v) is 5.79. The van der Waals surface area contributed by atoms with Crippen LogP contribution in [0.4, 0.5) is 13.2 Å². The Morgan fingerprint density at radius 3 is 2.50 bits per heavy atom. The molecule has 1 aliphatic rings. The topological polar surface area (TPSA) is 49.3 Å². The number of rotatable bonds is 3. The zero-order valence-corrected chi connectivity index (χ0v) is 12.0. The van der Waals surface area contributed by atoms with E-state index in [1.54, 1.807) is 0 Å². The molecule has 0 aliphatic heterocycles. The molecule has 3 nitrogen and oxygen atoms in total. The van der Waals surface area contributed by atoms with E-state index in [2.05, 4.69) is 21.2 Å². The van der Waals surface area contributed by atoms with E-state index in [1.165, 1.54) is 12.1 Å². The highest BCUT2D eigenvalue weighted by Gasteiger charge is 2.38. The van der Waals surface area contributed by atoms with E-state index in [9.17, 15) is 23.1 Å². The molecule has 0 radical (unpaired) electrons. The van der Waals surface area contributed by atoms with Crippen molar-refractivity contribution in [3.05, 3.63) is 33.8 Å². The smallest absolute Gasteiger partial charge is 0.394 e. The molecule has 2 N–H and O–H groups in total. The van der Waals surface area contributed by atoms with Gasteiger partial charge in [-0.25, -0.2) is 0 Å². The summed E-state index contributed by atoms with van der Waals surface area (Å²) in [7, 11) is 0. The van der Waals surface area contributed by atoms with Crippen molar-refractivity contribution in [2.75, 3.05) is 6.61 Å². The van der Waals surface area contributed by atoms with Crippen LogP contribution in [0.2, 0.25) is 0 Å². The quantitative estimate of drug-likeness (QED) is 0.878. The second-order valence-electron chi connectivity index (χ2n) is 4.94. The van der Waals surface area contributed by atoms with Gasteiger partial charge >= 0.3 is 6.18 Å². The van der Waals surface area contributed by atoms with Gasteiger partial charge in [-0.1, -0.05) is 15.9 Å². The summed E-state index contributed by atoms with van der Waals surface area (Å²) in [5.41, 5.74) is -1.64. The van der Waals surface area contributed by atoms with Gasteiger partial charge in [0.2, 0.25) is 0 Å². The van der Waals surface area contributed by atoms with Crippen LogP contribution in [-0.2, 0) is 6.18 Å². The van der Waals surface area contributed by atoms with E-state index in [0.29, 0.717) is 12.8 Å². The van der Waals surface area contributed by atoms with Gasteiger partial charge in [0.05, 0.1) is 17.7 Å². The van der Waals surface area contributed by atoms with E-state index in [4.69, 9.17) is 0 Å². The molecule has 0 unspecified atom stereocenters. The molecule has 0 spiro atoms. The fourth-order valence-electron chi connectivity index (χ4n) is 2.12. The summed E-state index contributed by atoms with van der Waals surface area (Å²) in [6.07, 6.45) is -2.37. The van der Waals surface area contributed by atoms with Crippen molar-refractivity contribution in [1.82, 2.24) is 5.32 Å². The van der Waals surface area contributed by atoms with Crippen LogP contribution in [0.15, 0.2) is 22.7 Å². The molecule has 0 bridgehead atoms. The number of nitrogens with one attached hydrogen (secondary N) is 1. The summed E-state index contributed by atoms with van der Waals surface area (Å²) in [5, 5.41) is 11.9. The van der Waals surface area contributed by atoms with Gasteiger partial charge in [-0.15, -0.1) is 0 Å². The molecule has 20 heavy (non-hydrogen) atoms. The Kier molecular flexibility index (Phi) is 4.11. The van der Waals surface area contributed by atoms with Gasteiger partial charge in [-0.3, -0.25) is 4.79 Å². The van der Waals surface area contributed by atoms with Gasteiger partial charge in [0.25, 0.3) is 5.91 Å². The summed E-state index contributed by atoms with van der Waals surface area (Å²) >= 11 is 2.82. The highest BCUT2D eigenvalue weighted by molar-refractivity contribution is 9.10. The number of carbonyl (C=O) groups excluding carboxylic acids is 1. The maximum absolute atomic E-state index is 12.8. The monoisotopic (exact) mass is 351 g/mol. The molecule has 0 heterocycles. The lowest BCUT2D eigenvalue weighted by Gasteiger charge is -2.41. The van der Waals surface area contributed by atoms with Crippen molar-refractivity contribution in [2.45, 2.75) is 31.0 Å². The maximum Gasteiger partial charge on any atom is 0.417 e. The molecule has 1 aromatic rings. The molecule has 1 fully saturated rings. The molecule has 0 aromatic heterocycles. The largest absolute Gasteiger partial charge is 0.417 e. The Morgan fingerprint density at radius 2 is 2.05 bits per heavy atom. The number of aliphatic hydroxyl groups excluding tert-OH is 1. The van der Waals surface area contributed by atoms with Crippen molar-refractivity contribution in [2.24, 2.45) is 0 Å². The molecule has 110 valence electrons. The first kappa shape index (κ1) is 15.3. The number of hydrogen-bond acceptors (Lipinski definition) is 2. The summed E-state index contributed by atoms with van der Waals surface area (Å²) in [6.45, 7) is -0.207. The lowest BCUT2D eigenvalue weighted by Crippen LogP contribution is -2.56. The van der Waals surface area contributed by atoms with Crippen molar-refractivity contribution >= 4 is 21.8 Å². The first-order valence-electron chi connectivity index (χ1n) is 6.07. The van der Waals surface area contributed by atoms with Gasteiger partial charge in [0, 0.05) is 10.0 Å². The number of carbonyl (C=O) groups is 1. The third-order valence-corrected chi connectivity index (χ3v) is 4.22. The third-order valence-electron chi connectivity index (χ3n) is 3.53. The van der Waals surface area contributed by atoms with E-state index in [0.717, 1.165) is 12.5 Å².